The van der Waals surface area contributed by atoms with Crippen LogP contribution in [0.4, 0.5) is 39.0 Å². The fraction of sp³-hybridized carbons (Fsp3) is 0.167. The number of thiocarbonyl (C=S) groups is 1. The summed E-state index contributed by atoms with van der Waals surface area (Å²) in [7, 11) is 0. The van der Waals surface area contributed by atoms with Crippen molar-refractivity contribution in [3.05, 3.63) is 87.2 Å². The highest BCUT2D eigenvalue weighted by atomic mass is 35.5. The van der Waals surface area contributed by atoms with Gasteiger partial charge >= 0.3 is 0 Å². The molecule has 1 heterocycles. The van der Waals surface area contributed by atoms with E-state index in [0.717, 1.165) is 10.6 Å². The van der Waals surface area contributed by atoms with Crippen LogP contribution in [0.2, 0.25) is 10.0 Å². The summed E-state index contributed by atoms with van der Waals surface area (Å²) >= 11 is 17.0. The number of hydrogen-bond acceptors (Lipinski definition) is 4. The molecule has 0 spiro atoms. The van der Waals surface area contributed by atoms with Gasteiger partial charge in [0.15, 0.2) is 28.4 Å². The van der Waals surface area contributed by atoms with Crippen LogP contribution in [0.25, 0.3) is 0 Å². The monoisotopic (exact) mass is 574 g/mol. The summed E-state index contributed by atoms with van der Waals surface area (Å²) in [5.41, 5.74) is 0.711. The van der Waals surface area contributed by atoms with Crippen molar-refractivity contribution in [2.45, 2.75) is 0 Å². The first kappa shape index (κ1) is 26.9. The van der Waals surface area contributed by atoms with E-state index in [1.807, 2.05) is 4.90 Å². The first-order valence-corrected chi connectivity index (χ1v) is 11.9. The number of benzene rings is 3. The van der Waals surface area contributed by atoms with Gasteiger partial charge in [0.2, 0.25) is 5.82 Å². The van der Waals surface area contributed by atoms with Crippen LogP contribution in [-0.2, 0) is 0 Å². The molecule has 1 amide bonds. The Bertz CT molecular complexity index is 1340. The predicted molar refractivity (Wildman–Crippen MR) is 137 cm³/mol. The van der Waals surface area contributed by atoms with Gasteiger partial charge in [-0.25, -0.2) is 22.0 Å². The van der Waals surface area contributed by atoms with Gasteiger partial charge in [0, 0.05) is 43.1 Å². The van der Waals surface area contributed by atoms with E-state index in [2.05, 4.69) is 10.6 Å². The molecule has 3 aromatic carbocycles. The van der Waals surface area contributed by atoms with E-state index >= 15 is 0 Å². The lowest BCUT2D eigenvalue weighted by molar-refractivity contribution is 0.0977. The van der Waals surface area contributed by atoms with E-state index in [1.54, 1.807) is 24.3 Å². The molecule has 0 bridgehead atoms. The van der Waals surface area contributed by atoms with Gasteiger partial charge in [-0.05, 0) is 54.7 Å². The Kier molecular flexibility index (Phi) is 8.05. The van der Waals surface area contributed by atoms with E-state index in [9.17, 15) is 26.7 Å². The highest BCUT2D eigenvalue weighted by Gasteiger charge is 2.30. The quantitative estimate of drug-likeness (QED) is 0.169. The maximum Gasteiger partial charge on any atom is 0.257 e. The Morgan fingerprint density at radius 2 is 1.30 bits per heavy atom. The second-order valence-corrected chi connectivity index (χ2v) is 9.20. The molecule has 37 heavy (non-hydrogen) atoms. The molecule has 5 nitrogen and oxygen atoms in total. The molecule has 1 fully saturated rings. The lowest BCUT2D eigenvalue weighted by Gasteiger charge is -2.37. The minimum atomic E-state index is -2.18. The van der Waals surface area contributed by atoms with Crippen molar-refractivity contribution >= 4 is 63.5 Å². The summed E-state index contributed by atoms with van der Waals surface area (Å²) in [6.07, 6.45) is 0. The topological polar surface area (TPSA) is 47.6 Å². The minimum absolute atomic E-state index is 0.0448. The molecule has 13 heteroatoms. The van der Waals surface area contributed by atoms with E-state index in [1.165, 1.54) is 18.2 Å². The minimum Gasteiger partial charge on any atom is -0.368 e. The van der Waals surface area contributed by atoms with E-state index < -0.39 is 40.7 Å². The number of piperazine rings is 1. The number of carbonyl (C=O) groups excluding carboxylic acids is 1. The number of anilines is 3. The van der Waals surface area contributed by atoms with E-state index in [-0.39, 0.29) is 41.9 Å². The summed E-state index contributed by atoms with van der Waals surface area (Å²) in [5, 5.41) is 6.03. The van der Waals surface area contributed by atoms with Crippen LogP contribution in [0.1, 0.15) is 10.4 Å². The number of nitrogens with zero attached hydrogens (tertiary/aromatic N) is 2. The van der Waals surface area contributed by atoms with Crippen molar-refractivity contribution < 1.29 is 26.7 Å². The van der Waals surface area contributed by atoms with Crippen LogP contribution in [0.15, 0.2) is 42.5 Å². The summed E-state index contributed by atoms with van der Waals surface area (Å²) < 4.78 is 68.7. The number of carbonyl (C=O) groups is 1. The molecule has 2 N–H and O–H groups in total. The molecule has 1 aliphatic rings. The average Bonchev–Trinajstić information content (AvgIpc) is 2.89. The van der Waals surface area contributed by atoms with Crippen molar-refractivity contribution in [3.8, 4) is 0 Å². The second-order valence-electron chi connectivity index (χ2n) is 7.98. The maximum atomic E-state index is 14.1. The Hall–Kier alpha value is -3.15. The molecule has 0 aliphatic carbocycles. The third-order valence-electron chi connectivity index (χ3n) is 5.68. The van der Waals surface area contributed by atoms with Gasteiger partial charge in [-0.1, -0.05) is 23.2 Å². The van der Waals surface area contributed by atoms with Crippen LogP contribution in [-0.4, -0.2) is 37.2 Å². The lowest BCUT2D eigenvalue weighted by Crippen LogP contribution is -2.47. The molecular formula is C24H17Cl2F5N4OS. The molecule has 0 unspecified atom stereocenters. The number of hydrogen-bond donors (Lipinski definition) is 2. The summed E-state index contributed by atoms with van der Waals surface area (Å²) in [5.74, 6) is -10.3. The van der Waals surface area contributed by atoms with Crippen LogP contribution in [0, 0.1) is 29.1 Å². The normalized spacial score (nSPS) is 13.5. The van der Waals surface area contributed by atoms with Gasteiger partial charge in [0.25, 0.3) is 5.91 Å². The molecule has 0 atom stereocenters. The van der Waals surface area contributed by atoms with Crippen LogP contribution >= 0.6 is 35.4 Å². The Morgan fingerprint density at radius 1 is 0.757 bits per heavy atom. The first-order chi connectivity index (χ1) is 17.6. The van der Waals surface area contributed by atoms with Crippen LogP contribution in [0.5, 0.6) is 0 Å². The lowest BCUT2D eigenvalue weighted by atomic mass is 10.2. The molecule has 4 rings (SSSR count). The number of halogens is 7. The largest absolute Gasteiger partial charge is 0.368 e. The third-order valence-corrected chi connectivity index (χ3v) is 6.62. The zero-order valence-corrected chi connectivity index (χ0v) is 21.1. The predicted octanol–water partition coefficient (Wildman–Crippen LogP) is 6.14. The number of amides is 1. The smallest absolute Gasteiger partial charge is 0.257 e. The number of rotatable bonds is 4. The van der Waals surface area contributed by atoms with Crippen LogP contribution in [0.3, 0.4) is 0 Å². The summed E-state index contributed by atoms with van der Waals surface area (Å²) in [4.78, 5) is 15.4. The fourth-order valence-corrected chi connectivity index (χ4v) is 4.30. The zero-order chi connectivity index (χ0) is 26.9. The summed E-state index contributed by atoms with van der Waals surface area (Å²) in [6.45, 7) is 0.654. The molecule has 1 saturated heterocycles. The van der Waals surface area contributed by atoms with Crippen molar-refractivity contribution in [3.63, 3.8) is 0 Å². The Morgan fingerprint density at radius 3 is 1.86 bits per heavy atom. The highest BCUT2D eigenvalue weighted by Crippen LogP contribution is 2.31. The average molecular weight is 575 g/mol. The molecule has 0 aromatic heterocycles. The Labute approximate surface area is 223 Å². The first-order valence-electron chi connectivity index (χ1n) is 10.8. The van der Waals surface area contributed by atoms with Gasteiger partial charge in [0.05, 0.1) is 10.0 Å². The van der Waals surface area contributed by atoms with Crippen LogP contribution < -0.4 is 20.4 Å². The second kappa shape index (κ2) is 11.1. The molecule has 3 aromatic rings. The van der Waals surface area contributed by atoms with Gasteiger partial charge < -0.3 is 15.1 Å². The SMILES string of the molecule is O=C(NC(=S)Nc1ccc(N2CCN(c3c(F)c(F)c(F)c(F)c3F)CC2)cc1)c1ccc(Cl)c(Cl)c1. The zero-order valence-electron chi connectivity index (χ0n) is 18.7. The van der Waals surface area contributed by atoms with Crippen molar-refractivity contribution in [2.24, 2.45) is 0 Å². The van der Waals surface area contributed by atoms with Gasteiger partial charge in [0.1, 0.15) is 5.69 Å². The fourth-order valence-electron chi connectivity index (χ4n) is 3.79. The molecule has 1 aliphatic heterocycles. The molecule has 0 saturated carbocycles. The standard InChI is InChI=1S/C24H17Cl2F5N4OS/c25-15-6-1-12(11-16(15)26)23(36)33-24(37)32-13-2-4-14(5-3-13)34-7-9-35(10-8-34)22-20(30)18(28)17(27)19(29)21(22)31/h1-6,11H,7-10H2,(H2,32,33,36,37). The molecule has 194 valence electrons. The van der Waals surface area contributed by atoms with Gasteiger partial charge in [-0.15, -0.1) is 0 Å². The van der Waals surface area contributed by atoms with E-state index in [0.29, 0.717) is 10.7 Å². The molecule has 0 radical (unpaired) electrons. The summed E-state index contributed by atoms with van der Waals surface area (Å²) in [6, 6.07) is 11.4. The van der Waals surface area contributed by atoms with Crippen molar-refractivity contribution in [2.75, 3.05) is 41.3 Å². The number of nitrogens with one attached hydrogen (secondary N) is 2. The van der Waals surface area contributed by atoms with E-state index in [4.69, 9.17) is 35.4 Å². The highest BCUT2D eigenvalue weighted by molar-refractivity contribution is 7.80. The maximum absolute atomic E-state index is 14.1. The van der Waals surface area contributed by atoms with Crippen molar-refractivity contribution in [1.29, 1.82) is 0 Å². The Balaban J connectivity index is 1.35. The molecular weight excluding hydrogens is 558 g/mol. The third kappa shape index (κ3) is 5.73. The van der Waals surface area contributed by atoms with Gasteiger partial charge in [-0.3, -0.25) is 10.1 Å². The van der Waals surface area contributed by atoms with Gasteiger partial charge in [-0.2, -0.15) is 0 Å². The van der Waals surface area contributed by atoms with Crippen molar-refractivity contribution in [1.82, 2.24) is 5.32 Å².